The molecule has 20 heavy (non-hydrogen) atoms. The van der Waals surface area contributed by atoms with E-state index in [0.717, 1.165) is 13.1 Å². The second-order valence-corrected chi connectivity index (χ2v) is 6.47. The first-order valence-corrected chi connectivity index (χ1v) is 7.51. The minimum absolute atomic E-state index is 0.141. The lowest BCUT2D eigenvalue weighted by Gasteiger charge is -2.30. The van der Waals surface area contributed by atoms with E-state index in [1.807, 2.05) is 4.90 Å². The number of aliphatic carboxylic acids is 1. The maximum atomic E-state index is 12.6. The largest absolute Gasteiger partial charge is 0.480 e. The minimum atomic E-state index is -1.02. The Labute approximate surface area is 118 Å². The fourth-order valence-electron chi connectivity index (χ4n) is 2.90. The van der Waals surface area contributed by atoms with Crippen molar-refractivity contribution >= 4 is 12.0 Å². The van der Waals surface area contributed by atoms with Gasteiger partial charge in [-0.25, -0.2) is 9.59 Å². The smallest absolute Gasteiger partial charge is 0.326 e. The molecule has 112 valence electrons. The summed E-state index contributed by atoms with van der Waals surface area (Å²) >= 11 is 0. The van der Waals surface area contributed by atoms with Gasteiger partial charge in [0.15, 0.2) is 0 Å². The molecule has 2 atom stereocenters. The Morgan fingerprint density at radius 2 is 1.65 bits per heavy atom. The van der Waals surface area contributed by atoms with Crippen LogP contribution in [0.5, 0.6) is 0 Å². The summed E-state index contributed by atoms with van der Waals surface area (Å²) < 4.78 is 0. The molecule has 1 unspecified atom stereocenters. The van der Waals surface area contributed by atoms with E-state index in [1.165, 1.54) is 30.6 Å². The van der Waals surface area contributed by atoms with Crippen LogP contribution in [0.25, 0.3) is 0 Å². The number of amides is 2. The topological polar surface area (TPSA) is 81.1 Å². The number of likely N-dealkylation sites (tertiary alicyclic amines) is 1. The summed E-state index contributed by atoms with van der Waals surface area (Å²) in [4.78, 5) is 27.0. The second-order valence-electron chi connectivity index (χ2n) is 6.47. The van der Waals surface area contributed by atoms with Crippen molar-refractivity contribution < 1.29 is 19.8 Å². The molecule has 0 radical (unpaired) electrons. The average Bonchev–Trinajstić information content (AvgIpc) is 3.30. The first kappa shape index (κ1) is 13.7. The summed E-state index contributed by atoms with van der Waals surface area (Å²) in [5.41, 5.74) is 0. The van der Waals surface area contributed by atoms with E-state index in [2.05, 4.69) is 0 Å². The van der Waals surface area contributed by atoms with Gasteiger partial charge in [-0.05, 0) is 37.5 Å². The minimum Gasteiger partial charge on any atom is -0.480 e. The monoisotopic (exact) mass is 282 g/mol. The van der Waals surface area contributed by atoms with Crippen molar-refractivity contribution in [3.63, 3.8) is 0 Å². The number of rotatable bonds is 5. The predicted molar refractivity (Wildman–Crippen MR) is 71.2 cm³/mol. The fraction of sp³-hybridized carbons (Fsp3) is 0.857. The maximum absolute atomic E-state index is 12.6. The highest BCUT2D eigenvalue weighted by Crippen LogP contribution is 2.34. The lowest BCUT2D eigenvalue weighted by molar-refractivity contribution is -0.141. The molecule has 0 aromatic carbocycles. The van der Waals surface area contributed by atoms with Gasteiger partial charge >= 0.3 is 12.0 Å². The molecule has 3 aliphatic rings. The van der Waals surface area contributed by atoms with Crippen LogP contribution in [-0.4, -0.2) is 63.8 Å². The number of carboxylic acid groups (broad SMARTS) is 1. The Balaban J connectivity index is 1.67. The molecule has 2 N–H and O–H groups in total. The van der Waals surface area contributed by atoms with Crippen LogP contribution in [0.2, 0.25) is 0 Å². The molecule has 2 saturated carbocycles. The van der Waals surface area contributed by atoms with Crippen LogP contribution in [0.4, 0.5) is 4.79 Å². The van der Waals surface area contributed by atoms with Gasteiger partial charge in [0.1, 0.15) is 6.04 Å². The van der Waals surface area contributed by atoms with E-state index < -0.39 is 18.1 Å². The Morgan fingerprint density at radius 1 is 1.10 bits per heavy atom. The van der Waals surface area contributed by atoms with Crippen LogP contribution in [0, 0.1) is 11.8 Å². The van der Waals surface area contributed by atoms with Crippen LogP contribution in [0.1, 0.15) is 32.1 Å². The van der Waals surface area contributed by atoms with E-state index >= 15 is 0 Å². The molecule has 0 aromatic heterocycles. The normalized spacial score (nSPS) is 29.6. The van der Waals surface area contributed by atoms with E-state index in [4.69, 9.17) is 0 Å². The van der Waals surface area contributed by atoms with Crippen LogP contribution < -0.4 is 0 Å². The van der Waals surface area contributed by atoms with Crippen molar-refractivity contribution in [1.29, 1.82) is 0 Å². The van der Waals surface area contributed by atoms with Crippen LogP contribution >= 0.6 is 0 Å². The summed E-state index contributed by atoms with van der Waals surface area (Å²) in [5, 5.41) is 18.9. The number of carbonyl (C=O) groups excluding carboxylic acids is 1. The molecule has 3 fully saturated rings. The SMILES string of the molecule is O=C(O)[C@@H]1CC(O)CN1C(=O)N(CC1CC1)CC1CC1. The molecule has 1 aliphatic heterocycles. The summed E-state index contributed by atoms with van der Waals surface area (Å²) in [5.74, 6) is 0.162. The Bertz CT molecular complexity index is 392. The number of hydrogen-bond donors (Lipinski definition) is 2. The number of urea groups is 1. The number of carboxylic acids is 1. The van der Waals surface area contributed by atoms with Gasteiger partial charge < -0.3 is 20.0 Å². The van der Waals surface area contributed by atoms with E-state index in [-0.39, 0.29) is 19.0 Å². The first-order valence-electron chi connectivity index (χ1n) is 7.51. The predicted octanol–water partition coefficient (Wildman–Crippen LogP) is 0.748. The van der Waals surface area contributed by atoms with Gasteiger partial charge in [0.05, 0.1) is 6.10 Å². The standard InChI is InChI=1S/C14H22N2O4/c17-11-5-12(13(18)19)16(8-11)14(20)15(6-9-1-2-9)7-10-3-4-10/h9-12,17H,1-8H2,(H,18,19)/t11?,12-/m0/s1. The van der Waals surface area contributed by atoms with E-state index in [0.29, 0.717) is 11.8 Å². The average molecular weight is 282 g/mol. The molecule has 0 aromatic rings. The first-order chi connectivity index (χ1) is 9.54. The second kappa shape index (κ2) is 5.24. The molecule has 1 saturated heterocycles. The van der Waals surface area contributed by atoms with Gasteiger partial charge in [0.25, 0.3) is 0 Å². The van der Waals surface area contributed by atoms with Gasteiger partial charge in [0, 0.05) is 26.1 Å². The molecule has 2 aliphatic carbocycles. The van der Waals surface area contributed by atoms with Crippen LogP contribution in [-0.2, 0) is 4.79 Å². The Morgan fingerprint density at radius 3 is 2.10 bits per heavy atom. The van der Waals surface area contributed by atoms with Gasteiger partial charge in [-0.3, -0.25) is 0 Å². The molecule has 2 amide bonds. The third-order valence-electron chi connectivity index (χ3n) is 4.43. The van der Waals surface area contributed by atoms with Gasteiger partial charge in [-0.15, -0.1) is 0 Å². The lowest BCUT2D eigenvalue weighted by atomic mass is 10.2. The van der Waals surface area contributed by atoms with Crippen molar-refractivity contribution in [2.24, 2.45) is 11.8 Å². The van der Waals surface area contributed by atoms with Crippen molar-refractivity contribution in [2.75, 3.05) is 19.6 Å². The number of hydrogen-bond acceptors (Lipinski definition) is 3. The van der Waals surface area contributed by atoms with Gasteiger partial charge in [-0.2, -0.15) is 0 Å². The highest BCUT2D eigenvalue weighted by atomic mass is 16.4. The zero-order valence-electron chi connectivity index (χ0n) is 11.6. The van der Waals surface area contributed by atoms with Crippen molar-refractivity contribution in [2.45, 2.75) is 44.2 Å². The number of nitrogens with zero attached hydrogens (tertiary/aromatic N) is 2. The fourth-order valence-corrected chi connectivity index (χ4v) is 2.90. The maximum Gasteiger partial charge on any atom is 0.326 e. The molecule has 0 spiro atoms. The Kier molecular flexibility index (Phi) is 3.58. The number of carbonyl (C=O) groups is 2. The number of aliphatic hydroxyl groups excluding tert-OH is 1. The van der Waals surface area contributed by atoms with E-state index in [9.17, 15) is 19.8 Å². The summed E-state index contributed by atoms with van der Waals surface area (Å²) in [6, 6.07) is -1.08. The molecular weight excluding hydrogens is 260 g/mol. The molecule has 3 rings (SSSR count). The third kappa shape index (κ3) is 3.06. The molecular formula is C14H22N2O4. The quantitative estimate of drug-likeness (QED) is 0.779. The highest BCUT2D eigenvalue weighted by Gasteiger charge is 2.42. The molecule has 0 bridgehead atoms. The Hall–Kier alpha value is -1.30. The third-order valence-corrected chi connectivity index (χ3v) is 4.43. The zero-order chi connectivity index (χ0) is 14.3. The summed E-state index contributed by atoms with van der Waals surface area (Å²) in [7, 11) is 0. The van der Waals surface area contributed by atoms with Crippen LogP contribution in [0.15, 0.2) is 0 Å². The van der Waals surface area contributed by atoms with Crippen molar-refractivity contribution in [1.82, 2.24) is 9.80 Å². The lowest BCUT2D eigenvalue weighted by Crippen LogP contribution is -2.49. The molecule has 6 heteroatoms. The number of β-amino-alcohol motifs (C(OH)–C–C–N with tert-alkyl or cyclic N) is 1. The highest BCUT2D eigenvalue weighted by molar-refractivity contribution is 5.83. The van der Waals surface area contributed by atoms with Crippen molar-refractivity contribution in [3.05, 3.63) is 0 Å². The van der Waals surface area contributed by atoms with Crippen molar-refractivity contribution in [3.8, 4) is 0 Å². The van der Waals surface area contributed by atoms with Gasteiger partial charge in [-0.1, -0.05) is 0 Å². The van der Waals surface area contributed by atoms with Crippen LogP contribution in [0.3, 0.4) is 0 Å². The van der Waals surface area contributed by atoms with Gasteiger partial charge in [0.2, 0.25) is 0 Å². The molecule has 6 nitrogen and oxygen atoms in total. The zero-order valence-corrected chi connectivity index (χ0v) is 11.6. The molecule has 1 heterocycles. The van der Waals surface area contributed by atoms with E-state index in [1.54, 1.807) is 0 Å². The number of aliphatic hydroxyl groups is 1. The summed E-state index contributed by atoms with van der Waals surface area (Å²) in [6.07, 6.45) is 4.09. The summed E-state index contributed by atoms with van der Waals surface area (Å²) in [6.45, 7) is 1.63.